The summed E-state index contributed by atoms with van der Waals surface area (Å²) in [5, 5.41) is 14.0. The first-order valence-corrected chi connectivity index (χ1v) is 4.67. The van der Waals surface area contributed by atoms with Gasteiger partial charge in [-0.25, -0.2) is 0 Å². The summed E-state index contributed by atoms with van der Waals surface area (Å²) in [5.74, 6) is 0.414. The van der Waals surface area contributed by atoms with Crippen LogP contribution in [0.1, 0.15) is 31.9 Å². The molecule has 1 saturated carbocycles. The molecule has 0 aliphatic heterocycles. The Labute approximate surface area is 78.4 Å². The molecule has 1 fully saturated rings. The fourth-order valence-electron chi connectivity index (χ4n) is 1.87. The van der Waals surface area contributed by atoms with Gasteiger partial charge in [-0.1, -0.05) is 13.8 Å². The van der Waals surface area contributed by atoms with Crippen molar-refractivity contribution >= 4 is 0 Å². The normalized spacial score (nSPS) is 27.2. The molecule has 0 saturated heterocycles. The van der Waals surface area contributed by atoms with E-state index in [-0.39, 0.29) is 6.10 Å². The fraction of sp³-hybridized carbons (Fsp3) is 0.700. The van der Waals surface area contributed by atoms with E-state index in [2.05, 4.69) is 18.9 Å². The maximum atomic E-state index is 9.96. The second-order valence-corrected chi connectivity index (χ2v) is 4.69. The average Bonchev–Trinajstić information content (AvgIpc) is 2.47. The van der Waals surface area contributed by atoms with E-state index in [9.17, 15) is 5.11 Å². The Bertz CT molecular complexity index is 316. The highest BCUT2D eigenvalue weighted by Crippen LogP contribution is 2.57. The van der Waals surface area contributed by atoms with Gasteiger partial charge in [0.25, 0.3) is 0 Å². The summed E-state index contributed by atoms with van der Waals surface area (Å²) in [6.45, 7) is 4.38. The number of aryl methyl sites for hydroxylation is 1. The van der Waals surface area contributed by atoms with Crippen LogP contribution >= 0.6 is 0 Å². The highest BCUT2D eigenvalue weighted by Gasteiger charge is 2.50. The van der Waals surface area contributed by atoms with E-state index < -0.39 is 0 Å². The molecule has 2 unspecified atom stereocenters. The van der Waals surface area contributed by atoms with Crippen molar-refractivity contribution in [2.45, 2.75) is 26.4 Å². The van der Waals surface area contributed by atoms with Gasteiger partial charge in [-0.05, 0) is 17.8 Å². The van der Waals surface area contributed by atoms with E-state index in [4.69, 9.17) is 0 Å². The Morgan fingerprint density at radius 2 is 2.31 bits per heavy atom. The van der Waals surface area contributed by atoms with Gasteiger partial charge in [0.05, 0.1) is 12.3 Å². The van der Waals surface area contributed by atoms with Crippen molar-refractivity contribution in [2.75, 3.05) is 0 Å². The molecule has 1 aromatic rings. The molecule has 2 atom stereocenters. The number of aliphatic hydroxyl groups is 1. The molecule has 0 aromatic carbocycles. The number of hydrogen-bond acceptors (Lipinski definition) is 2. The van der Waals surface area contributed by atoms with Crippen LogP contribution < -0.4 is 0 Å². The van der Waals surface area contributed by atoms with Crippen molar-refractivity contribution in [3.05, 3.63) is 18.0 Å². The van der Waals surface area contributed by atoms with Gasteiger partial charge < -0.3 is 5.11 Å². The number of hydrogen-bond donors (Lipinski definition) is 1. The molecule has 72 valence electrons. The summed E-state index contributed by atoms with van der Waals surface area (Å²) in [4.78, 5) is 0. The molecule has 0 radical (unpaired) electrons. The van der Waals surface area contributed by atoms with Crippen LogP contribution in [0.25, 0.3) is 0 Å². The third kappa shape index (κ3) is 1.48. The van der Waals surface area contributed by atoms with Crippen molar-refractivity contribution in [2.24, 2.45) is 18.4 Å². The van der Waals surface area contributed by atoms with Gasteiger partial charge in [0.2, 0.25) is 0 Å². The SMILES string of the molecule is Cn1cc(C(O)C2CC2(C)C)cn1. The largest absolute Gasteiger partial charge is 0.388 e. The molecule has 1 aliphatic carbocycles. The third-order valence-electron chi connectivity index (χ3n) is 3.04. The minimum Gasteiger partial charge on any atom is -0.388 e. The zero-order valence-electron chi connectivity index (χ0n) is 8.36. The molecule has 3 nitrogen and oxygen atoms in total. The summed E-state index contributed by atoms with van der Waals surface area (Å²) in [5.41, 5.74) is 1.26. The molecule has 3 heteroatoms. The van der Waals surface area contributed by atoms with Crippen LogP contribution in [0.15, 0.2) is 12.4 Å². The Balaban J connectivity index is 2.11. The van der Waals surface area contributed by atoms with Crippen molar-refractivity contribution in [3.63, 3.8) is 0 Å². The molecule has 0 spiro atoms. The highest BCUT2D eigenvalue weighted by atomic mass is 16.3. The molecule has 0 amide bonds. The van der Waals surface area contributed by atoms with Gasteiger partial charge in [0.1, 0.15) is 0 Å². The Hall–Kier alpha value is -0.830. The lowest BCUT2D eigenvalue weighted by molar-refractivity contribution is 0.138. The van der Waals surface area contributed by atoms with Crippen LogP contribution in [0.4, 0.5) is 0 Å². The van der Waals surface area contributed by atoms with Crippen molar-refractivity contribution < 1.29 is 5.11 Å². The van der Waals surface area contributed by atoms with Gasteiger partial charge >= 0.3 is 0 Å². The standard InChI is InChI=1S/C10H16N2O/c1-10(2)4-8(10)9(13)7-5-11-12(3)6-7/h5-6,8-9,13H,4H2,1-3H3. The summed E-state index contributed by atoms with van der Waals surface area (Å²) in [6, 6.07) is 0. The maximum absolute atomic E-state index is 9.96. The van der Waals surface area contributed by atoms with Crippen LogP contribution in [0, 0.1) is 11.3 Å². The average molecular weight is 180 g/mol. The zero-order chi connectivity index (χ0) is 9.64. The molecule has 1 N–H and O–H groups in total. The Morgan fingerprint density at radius 1 is 1.69 bits per heavy atom. The number of rotatable bonds is 2. The summed E-state index contributed by atoms with van der Waals surface area (Å²) in [7, 11) is 1.87. The van der Waals surface area contributed by atoms with Crippen molar-refractivity contribution in [1.82, 2.24) is 9.78 Å². The van der Waals surface area contributed by atoms with Crippen molar-refractivity contribution in [3.8, 4) is 0 Å². The molecule has 1 heterocycles. The lowest BCUT2D eigenvalue weighted by Gasteiger charge is -2.09. The minimum atomic E-state index is -0.330. The van der Waals surface area contributed by atoms with Crippen LogP contribution in [-0.4, -0.2) is 14.9 Å². The van der Waals surface area contributed by atoms with Gasteiger partial charge in [0, 0.05) is 18.8 Å². The second kappa shape index (κ2) is 2.58. The number of nitrogens with zero attached hydrogens (tertiary/aromatic N) is 2. The first-order chi connectivity index (χ1) is 6.00. The van der Waals surface area contributed by atoms with Crippen LogP contribution in [-0.2, 0) is 7.05 Å². The molecule has 1 aromatic heterocycles. The second-order valence-electron chi connectivity index (χ2n) is 4.69. The van der Waals surface area contributed by atoms with E-state index in [1.807, 2.05) is 13.2 Å². The van der Waals surface area contributed by atoms with Gasteiger partial charge in [-0.3, -0.25) is 4.68 Å². The molecule has 1 aliphatic rings. The van der Waals surface area contributed by atoms with Gasteiger partial charge in [-0.2, -0.15) is 5.10 Å². The Morgan fingerprint density at radius 3 is 2.69 bits per heavy atom. The monoisotopic (exact) mass is 180 g/mol. The van der Waals surface area contributed by atoms with E-state index in [1.54, 1.807) is 10.9 Å². The van der Waals surface area contributed by atoms with E-state index in [0.29, 0.717) is 11.3 Å². The van der Waals surface area contributed by atoms with E-state index in [1.165, 1.54) is 0 Å². The predicted octanol–water partition coefficient (Wildman–Crippen LogP) is 1.50. The lowest BCUT2D eigenvalue weighted by Crippen LogP contribution is -2.03. The fourth-order valence-corrected chi connectivity index (χ4v) is 1.87. The van der Waals surface area contributed by atoms with Crippen LogP contribution in [0.2, 0.25) is 0 Å². The lowest BCUT2D eigenvalue weighted by atomic mass is 10.0. The van der Waals surface area contributed by atoms with E-state index >= 15 is 0 Å². The first kappa shape index (κ1) is 8.75. The van der Waals surface area contributed by atoms with Crippen LogP contribution in [0.3, 0.4) is 0 Å². The van der Waals surface area contributed by atoms with E-state index in [0.717, 1.165) is 12.0 Å². The highest BCUT2D eigenvalue weighted by molar-refractivity contribution is 5.14. The van der Waals surface area contributed by atoms with Gasteiger partial charge in [-0.15, -0.1) is 0 Å². The molecule has 0 bridgehead atoms. The molecule has 13 heavy (non-hydrogen) atoms. The zero-order valence-corrected chi connectivity index (χ0v) is 8.36. The predicted molar refractivity (Wildman–Crippen MR) is 50.1 cm³/mol. The minimum absolute atomic E-state index is 0.315. The Kier molecular flexibility index (Phi) is 1.74. The molecular formula is C10H16N2O. The van der Waals surface area contributed by atoms with Crippen LogP contribution in [0.5, 0.6) is 0 Å². The van der Waals surface area contributed by atoms with Gasteiger partial charge in [0.15, 0.2) is 0 Å². The first-order valence-electron chi connectivity index (χ1n) is 4.67. The number of aliphatic hydroxyl groups excluding tert-OH is 1. The number of aromatic nitrogens is 2. The smallest absolute Gasteiger partial charge is 0.0853 e. The van der Waals surface area contributed by atoms with Crippen molar-refractivity contribution in [1.29, 1.82) is 0 Å². The summed E-state index contributed by atoms with van der Waals surface area (Å²) < 4.78 is 1.73. The summed E-state index contributed by atoms with van der Waals surface area (Å²) in [6.07, 6.45) is 4.42. The molecular weight excluding hydrogens is 164 g/mol. The third-order valence-corrected chi connectivity index (χ3v) is 3.04. The summed E-state index contributed by atoms with van der Waals surface area (Å²) >= 11 is 0. The molecule has 2 rings (SSSR count). The topological polar surface area (TPSA) is 38.0 Å². The quantitative estimate of drug-likeness (QED) is 0.749. The maximum Gasteiger partial charge on any atom is 0.0853 e.